The summed E-state index contributed by atoms with van der Waals surface area (Å²) < 4.78 is 0. The van der Waals surface area contributed by atoms with Crippen molar-refractivity contribution in [2.24, 2.45) is 0 Å². The molecule has 3 radical (unpaired) electrons. The Hall–Kier alpha value is -0.705. The van der Waals surface area contributed by atoms with Crippen LogP contribution < -0.4 is 0 Å². The third kappa shape index (κ3) is 10.3. The van der Waals surface area contributed by atoms with E-state index in [-0.39, 0.29) is 8.41 Å². The molecule has 6 heavy (non-hydrogen) atoms. The molecule has 0 saturated carbocycles. The van der Waals surface area contributed by atoms with Gasteiger partial charge in [-0.05, 0) is 0 Å². The molecule has 0 bridgehead atoms. The maximum Gasteiger partial charge on any atom is 0.537 e. The number of carbonyl (C=O) groups is 1. The monoisotopic (exact) mass is 89.0 g/mol. The van der Waals surface area contributed by atoms with E-state index in [0.717, 1.165) is 0 Å². The molecule has 0 unspecified atom stereocenters. The molecular weight excluding hydrogens is 86.8 g/mol. The second-order valence-corrected chi connectivity index (χ2v) is 0.357. The molecule has 0 aliphatic heterocycles. The fourth-order valence-corrected chi connectivity index (χ4v) is 0. The first-order chi connectivity index (χ1) is 2.27. The molecule has 0 heterocycles. The highest BCUT2D eigenvalue weighted by Crippen LogP contribution is 1.59. The van der Waals surface area contributed by atoms with E-state index >= 15 is 0 Å². The summed E-state index contributed by atoms with van der Waals surface area (Å²) in [6.07, 6.45) is -1.69. The fourth-order valence-electron chi connectivity index (χ4n) is 0. The van der Waals surface area contributed by atoms with Crippen LogP contribution in [0.15, 0.2) is 0 Å². The van der Waals surface area contributed by atoms with Gasteiger partial charge in [0, 0.05) is 8.41 Å². The van der Waals surface area contributed by atoms with Crippen LogP contribution in [-0.4, -0.2) is 24.9 Å². The molecule has 4 nitrogen and oxygen atoms in total. The molecule has 0 aromatic rings. The number of hydrogen-bond donors (Lipinski definition) is 2. The maximum absolute atomic E-state index is 8.90. The van der Waals surface area contributed by atoms with Crippen LogP contribution in [0.1, 0.15) is 0 Å². The molecule has 0 rings (SSSR count). The van der Waals surface area contributed by atoms with Crippen LogP contribution in [0.5, 0.6) is 0 Å². The van der Waals surface area contributed by atoms with Gasteiger partial charge in [0.15, 0.2) is 0 Å². The molecule has 0 aliphatic rings. The van der Waals surface area contributed by atoms with Crippen molar-refractivity contribution in [1.29, 1.82) is 0 Å². The highest BCUT2D eigenvalue weighted by molar-refractivity contribution is 5.75. The molecule has 0 aromatic heterocycles. The van der Waals surface area contributed by atoms with E-state index < -0.39 is 6.16 Å². The van der Waals surface area contributed by atoms with Crippen molar-refractivity contribution < 1.29 is 20.0 Å². The summed E-state index contributed by atoms with van der Waals surface area (Å²) in [6.45, 7) is 0. The quantitative estimate of drug-likeness (QED) is 0.244. The maximum atomic E-state index is 8.90. The van der Waals surface area contributed by atoms with Crippen LogP contribution in [-0.2, 0) is 4.89 Å². The highest BCUT2D eigenvalue weighted by atomic mass is 17.1. The molecular formula is CH2BO4. The summed E-state index contributed by atoms with van der Waals surface area (Å²) in [6, 6.07) is 0. The van der Waals surface area contributed by atoms with Crippen LogP contribution in [0.4, 0.5) is 4.79 Å². The highest BCUT2D eigenvalue weighted by Gasteiger charge is 1.84. The second kappa shape index (κ2) is 4.29. The van der Waals surface area contributed by atoms with Crippen LogP contribution in [0.25, 0.3) is 0 Å². The Kier molecular flexibility index (Phi) is 6.44. The Balaban J connectivity index is 0. The smallest absolute Gasteiger partial charge is 0.448 e. The van der Waals surface area contributed by atoms with Crippen LogP contribution >= 0.6 is 0 Å². The molecule has 0 atom stereocenters. The standard InChI is InChI=1S/CH2O4.B/c2-1(3)5-4;/h4H,(H,2,3);. The largest absolute Gasteiger partial charge is 0.537 e. The summed E-state index contributed by atoms with van der Waals surface area (Å²) in [5, 5.41) is 14.3. The first kappa shape index (κ1) is 9.00. The predicted octanol–water partition coefficient (Wildman–Crippen LogP) is -0.227. The average Bonchev–Trinajstić information content (AvgIpc) is 1.38. The summed E-state index contributed by atoms with van der Waals surface area (Å²) in [7, 11) is 0. The zero-order chi connectivity index (χ0) is 4.28. The lowest BCUT2D eigenvalue weighted by Crippen LogP contribution is -1.91. The normalized spacial score (nSPS) is 5.50. The third-order valence-corrected chi connectivity index (χ3v) is 0.0781. The molecule has 5 heteroatoms. The number of rotatable bonds is 0. The molecule has 0 aromatic carbocycles. The fraction of sp³-hybridized carbons (Fsp3) is 0. The predicted molar refractivity (Wildman–Crippen MR) is 17.5 cm³/mol. The zero-order valence-corrected chi connectivity index (χ0v) is 2.79. The Bertz CT molecular complexity index is 42.8. The van der Waals surface area contributed by atoms with Crippen molar-refractivity contribution in [3.05, 3.63) is 0 Å². The van der Waals surface area contributed by atoms with Crippen LogP contribution in [0.2, 0.25) is 0 Å². The van der Waals surface area contributed by atoms with Gasteiger partial charge in [0.1, 0.15) is 0 Å². The van der Waals surface area contributed by atoms with Crippen molar-refractivity contribution in [2.75, 3.05) is 0 Å². The molecule has 0 saturated heterocycles. The minimum absolute atomic E-state index is 0. The summed E-state index contributed by atoms with van der Waals surface area (Å²) >= 11 is 0. The number of carboxylic acid groups (broad SMARTS) is 1. The van der Waals surface area contributed by atoms with Gasteiger partial charge in [-0.3, -0.25) is 4.89 Å². The van der Waals surface area contributed by atoms with Crippen molar-refractivity contribution in [2.45, 2.75) is 0 Å². The molecule has 2 N–H and O–H groups in total. The average molecular weight is 88.8 g/mol. The first-order valence-corrected chi connectivity index (χ1v) is 0.814. The lowest BCUT2D eigenvalue weighted by atomic mass is 10.8. The molecule has 33 valence electrons. The van der Waals surface area contributed by atoms with Gasteiger partial charge in [0.25, 0.3) is 0 Å². The Morgan fingerprint density at radius 1 is 1.67 bits per heavy atom. The van der Waals surface area contributed by atoms with Gasteiger partial charge >= 0.3 is 6.16 Å². The van der Waals surface area contributed by atoms with E-state index in [4.69, 9.17) is 15.2 Å². The molecule has 0 amide bonds. The number of hydrogen-bond acceptors (Lipinski definition) is 3. The van der Waals surface area contributed by atoms with Crippen LogP contribution in [0.3, 0.4) is 0 Å². The van der Waals surface area contributed by atoms with Crippen molar-refractivity contribution in [1.82, 2.24) is 0 Å². The van der Waals surface area contributed by atoms with E-state index in [9.17, 15) is 0 Å². The lowest BCUT2D eigenvalue weighted by molar-refractivity contribution is -0.194. The minimum atomic E-state index is -1.69. The molecule has 0 spiro atoms. The van der Waals surface area contributed by atoms with Crippen molar-refractivity contribution in [3.63, 3.8) is 0 Å². The first-order valence-electron chi connectivity index (χ1n) is 0.814. The van der Waals surface area contributed by atoms with Crippen LogP contribution in [0, 0.1) is 0 Å². The van der Waals surface area contributed by atoms with Gasteiger partial charge in [-0.15, -0.1) is 0 Å². The summed E-state index contributed by atoms with van der Waals surface area (Å²) in [4.78, 5) is 11.6. The molecule has 0 aliphatic carbocycles. The van der Waals surface area contributed by atoms with E-state index in [1.807, 2.05) is 0 Å². The van der Waals surface area contributed by atoms with Gasteiger partial charge in [-0.2, -0.15) is 5.26 Å². The van der Waals surface area contributed by atoms with Gasteiger partial charge in [-0.1, -0.05) is 0 Å². The lowest BCUT2D eigenvalue weighted by Gasteiger charge is -1.75. The van der Waals surface area contributed by atoms with E-state index in [2.05, 4.69) is 4.89 Å². The van der Waals surface area contributed by atoms with E-state index in [1.54, 1.807) is 0 Å². The Morgan fingerprint density at radius 2 is 1.83 bits per heavy atom. The van der Waals surface area contributed by atoms with Gasteiger partial charge in [0.2, 0.25) is 0 Å². The minimum Gasteiger partial charge on any atom is -0.448 e. The zero-order valence-electron chi connectivity index (χ0n) is 2.79. The Labute approximate surface area is 35.9 Å². The second-order valence-electron chi connectivity index (χ2n) is 0.357. The van der Waals surface area contributed by atoms with E-state index in [0.29, 0.717) is 0 Å². The SMILES string of the molecule is O=C(O)OO.[B]. The third-order valence-electron chi connectivity index (χ3n) is 0.0781. The van der Waals surface area contributed by atoms with Crippen molar-refractivity contribution >= 4 is 14.6 Å². The van der Waals surface area contributed by atoms with Gasteiger partial charge in [-0.25, -0.2) is 4.79 Å². The summed E-state index contributed by atoms with van der Waals surface area (Å²) in [5.41, 5.74) is 0. The van der Waals surface area contributed by atoms with Crippen molar-refractivity contribution in [3.8, 4) is 0 Å². The topological polar surface area (TPSA) is 66.8 Å². The van der Waals surface area contributed by atoms with Gasteiger partial charge in [0.05, 0.1) is 0 Å². The summed E-state index contributed by atoms with van der Waals surface area (Å²) in [5.74, 6) is 0. The van der Waals surface area contributed by atoms with E-state index in [1.165, 1.54) is 0 Å². The van der Waals surface area contributed by atoms with Gasteiger partial charge < -0.3 is 5.11 Å². The molecule has 0 fully saturated rings. The Morgan fingerprint density at radius 3 is 1.83 bits per heavy atom.